The standard InChI is InChI=1S/C14H21N3O/c15-11-14(18)16-13-5-3-12(4-6-13)7-10-17-8-1-2-9-17/h3-6H,1-2,7-11,15H2,(H,16,18). The van der Waals surface area contributed by atoms with Crippen LogP contribution < -0.4 is 11.1 Å². The first-order valence-electron chi connectivity index (χ1n) is 6.59. The number of nitrogens with two attached hydrogens (primary N) is 1. The van der Waals surface area contributed by atoms with Gasteiger partial charge in [-0.1, -0.05) is 12.1 Å². The largest absolute Gasteiger partial charge is 0.325 e. The Labute approximate surface area is 108 Å². The Kier molecular flexibility index (Phi) is 4.73. The van der Waals surface area contributed by atoms with Crippen LogP contribution in [0.25, 0.3) is 0 Å². The molecule has 3 N–H and O–H groups in total. The number of carbonyl (C=O) groups excluding carboxylic acids is 1. The SMILES string of the molecule is NCC(=O)Nc1ccc(CCN2CCCC2)cc1. The van der Waals surface area contributed by atoms with Crippen molar-refractivity contribution in [2.24, 2.45) is 5.73 Å². The van der Waals surface area contributed by atoms with Gasteiger partial charge in [0, 0.05) is 12.2 Å². The highest BCUT2D eigenvalue weighted by Gasteiger charge is 2.10. The Morgan fingerprint density at radius 2 is 1.89 bits per heavy atom. The van der Waals surface area contributed by atoms with E-state index >= 15 is 0 Å². The maximum Gasteiger partial charge on any atom is 0.238 e. The smallest absolute Gasteiger partial charge is 0.238 e. The Hall–Kier alpha value is -1.39. The molecule has 0 saturated carbocycles. The molecule has 1 aliphatic heterocycles. The van der Waals surface area contributed by atoms with E-state index in [-0.39, 0.29) is 12.5 Å². The molecular weight excluding hydrogens is 226 g/mol. The fourth-order valence-electron chi connectivity index (χ4n) is 2.26. The van der Waals surface area contributed by atoms with Crippen molar-refractivity contribution in [2.75, 3.05) is 31.5 Å². The van der Waals surface area contributed by atoms with E-state index in [9.17, 15) is 4.79 Å². The van der Waals surface area contributed by atoms with E-state index in [1.165, 1.54) is 31.5 Å². The first-order valence-corrected chi connectivity index (χ1v) is 6.59. The number of anilines is 1. The summed E-state index contributed by atoms with van der Waals surface area (Å²) in [6.45, 7) is 3.64. The Bertz CT molecular complexity index is 383. The van der Waals surface area contributed by atoms with Crippen LogP contribution in [0.3, 0.4) is 0 Å². The predicted octanol–water partition coefficient (Wildman–Crippen LogP) is 1.22. The first kappa shape index (κ1) is 13.1. The molecule has 2 rings (SSSR count). The molecule has 1 aliphatic rings. The zero-order valence-corrected chi connectivity index (χ0v) is 10.7. The van der Waals surface area contributed by atoms with Gasteiger partial charge in [-0.25, -0.2) is 0 Å². The molecule has 18 heavy (non-hydrogen) atoms. The normalized spacial score (nSPS) is 15.8. The highest BCUT2D eigenvalue weighted by Crippen LogP contribution is 2.12. The topological polar surface area (TPSA) is 58.4 Å². The molecule has 0 aromatic heterocycles. The van der Waals surface area contributed by atoms with Gasteiger partial charge in [-0.3, -0.25) is 4.79 Å². The highest BCUT2D eigenvalue weighted by atomic mass is 16.1. The highest BCUT2D eigenvalue weighted by molar-refractivity contribution is 5.92. The average Bonchev–Trinajstić information content (AvgIpc) is 2.91. The molecular formula is C14H21N3O. The lowest BCUT2D eigenvalue weighted by molar-refractivity contribution is -0.114. The van der Waals surface area contributed by atoms with Crippen LogP contribution in [-0.2, 0) is 11.2 Å². The summed E-state index contributed by atoms with van der Waals surface area (Å²) in [7, 11) is 0. The molecule has 1 saturated heterocycles. The minimum absolute atomic E-state index is 0.0245. The van der Waals surface area contributed by atoms with Crippen LogP contribution >= 0.6 is 0 Å². The van der Waals surface area contributed by atoms with Gasteiger partial charge in [0.15, 0.2) is 0 Å². The minimum Gasteiger partial charge on any atom is -0.325 e. The van der Waals surface area contributed by atoms with Gasteiger partial charge in [-0.05, 0) is 50.0 Å². The number of benzene rings is 1. The average molecular weight is 247 g/mol. The lowest BCUT2D eigenvalue weighted by atomic mass is 10.1. The lowest BCUT2D eigenvalue weighted by Crippen LogP contribution is -2.22. The zero-order chi connectivity index (χ0) is 12.8. The van der Waals surface area contributed by atoms with Gasteiger partial charge < -0.3 is 16.0 Å². The molecule has 0 bridgehead atoms. The third-order valence-corrected chi connectivity index (χ3v) is 3.34. The van der Waals surface area contributed by atoms with Gasteiger partial charge in [0.2, 0.25) is 5.91 Å². The fourth-order valence-corrected chi connectivity index (χ4v) is 2.26. The lowest BCUT2D eigenvalue weighted by Gasteiger charge is -2.14. The Balaban J connectivity index is 1.81. The second kappa shape index (κ2) is 6.52. The third kappa shape index (κ3) is 3.82. The number of rotatable bonds is 5. The van der Waals surface area contributed by atoms with E-state index in [4.69, 9.17) is 5.73 Å². The molecule has 4 heteroatoms. The Morgan fingerprint density at radius 1 is 1.22 bits per heavy atom. The number of nitrogens with one attached hydrogen (secondary N) is 1. The second-order valence-corrected chi connectivity index (χ2v) is 4.75. The van der Waals surface area contributed by atoms with Crippen LogP contribution in [0.4, 0.5) is 5.69 Å². The second-order valence-electron chi connectivity index (χ2n) is 4.75. The van der Waals surface area contributed by atoms with Crippen LogP contribution in [0.2, 0.25) is 0 Å². The number of hydrogen-bond acceptors (Lipinski definition) is 3. The van der Waals surface area contributed by atoms with Crippen LogP contribution in [0.5, 0.6) is 0 Å². The van der Waals surface area contributed by atoms with Crippen LogP contribution in [0.1, 0.15) is 18.4 Å². The van der Waals surface area contributed by atoms with Gasteiger partial charge in [0.1, 0.15) is 0 Å². The van der Waals surface area contributed by atoms with Gasteiger partial charge in [-0.2, -0.15) is 0 Å². The van der Waals surface area contributed by atoms with Crippen molar-refractivity contribution in [1.29, 1.82) is 0 Å². The maximum absolute atomic E-state index is 11.1. The monoisotopic (exact) mass is 247 g/mol. The van der Waals surface area contributed by atoms with Crippen molar-refractivity contribution in [3.63, 3.8) is 0 Å². The van der Waals surface area contributed by atoms with E-state index in [0.29, 0.717) is 0 Å². The Morgan fingerprint density at radius 3 is 2.50 bits per heavy atom. The molecule has 98 valence electrons. The number of carbonyl (C=O) groups is 1. The molecule has 0 unspecified atom stereocenters. The summed E-state index contributed by atoms with van der Waals surface area (Å²) >= 11 is 0. The molecule has 1 fully saturated rings. The zero-order valence-electron chi connectivity index (χ0n) is 10.7. The maximum atomic E-state index is 11.1. The molecule has 1 aromatic rings. The summed E-state index contributed by atoms with van der Waals surface area (Å²) in [6, 6.07) is 8.02. The molecule has 1 aromatic carbocycles. The third-order valence-electron chi connectivity index (χ3n) is 3.34. The number of nitrogens with zero attached hydrogens (tertiary/aromatic N) is 1. The van der Waals surface area contributed by atoms with Gasteiger partial charge in [0.25, 0.3) is 0 Å². The van der Waals surface area contributed by atoms with Crippen molar-refractivity contribution in [3.05, 3.63) is 29.8 Å². The first-order chi connectivity index (χ1) is 8.78. The summed E-state index contributed by atoms with van der Waals surface area (Å²) in [5, 5.41) is 2.74. The van der Waals surface area contributed by atoms with E-state index in [1.807, 2.05) is 12.1 Å². The summed E-state index contributed by atoms with van der Waals surface area (Å²) in [4.78, 5) is 13.6. The van der Waals surface area contributed by atoms with Gasteiger partial charge in [0.05, 0.1) is 6.54 Å². The predicted molar refractivity (Wildman–Crippen MR) is 73.5 cm³/mol. The van der Waals surface area contributed by atoms with Crippen molar-refractivity contribution >= 4 is 11.6 Å². The molecule has 1 heterocycles. The van der Waals surface area contributed by atoms with Crippen molar-refractivity contribution in [3.8, 4) is 0 Å². The summed E-state index contributed by atoms with van der Waals surface area (Å²) in [6.07, 6.45) is 3.75. The summed E-state index contributed by atoms with van der Waals surface area (Å²) < 4.78 is 0. The summed E-state index contributed by atoms with van der Waals surface area (Å²) in [5.74, 6) is -0.153. The van der Waals surface area contributed by atoms with Gasteiger partial charge >= 0.3 is 0 Å². The van der Waals surface area contributed by atoms with Crippen LogP contribution in [0.15, 0.2) is 24.3 Å². The van der Waals surface area contributed by atoms with E-state index in [1.54, 1.807) is 0 Å². The molecule has 0 spiro atoms. The molecule has 0 aliphatic carbocycles. The fraction of sp³-hybridized carbons (Fsp3) is 0.500. The van der Waals surface area contributed by atoms with E-state index < -0.39 is 0 Å². The quantitative estimate of drug-likeness (QED) is 0.822. The van der Waals surface area contributed by atoms with E-state index in [2.05, 4.69) is 22.3 Å². The minimum atomic E-state index is -0.153. The van der Waals surface area contributed by atoms with Crippen LogP contribution in [-0.4, -0.2) is 37.0 Å². The number of hydrogen-bond donors (Lipinski definition) is 2. The van der Waals surface area contributed by atoms with Crippen molar-refractivity contribution in [1.82, 2.24) is 4.90 Å². The van der Waals surface area contributed by atoms with Crippen molar-refractivity contribution in [2.45, 2.75) is 19.3 Å². The molecule has 1 amide bonds. The summed E-state index contributed by atoms with van der Waals surface area (Å²) in [5.41, 5.74) is 7.38. The number of likely N-dealkylation sites (tertiary alicyclic amines) is 1. The molecule has 0 radical (unpaired) electrons. The molecule has 4 nitrogen and oxygen atoms in total. The van der Waals surface area contributed by atoms with Crippen molar-refractivity contribution < 1.29 is 4.79 Å². The van der Waals surface area contributed by atoms with E-state index in [0.717, 1.165) is 18.7 Å². The van der Waals surface area contributed by atoms with Crippen LogP contribution in [0, 0.1) is 0 Å². The molecule has 0 atom stereocenters. The van der Waals surface area contributed by atoms with Gasteiger partial charge in [-0.15, -0.1) is 0 Å². The number of amides is 1.